The largest absolute Gasteiger partial charge is 0.392 e. The van der Waals surface area contributed by atoms with Gasteiger partial charge in [-0.05, 0) is 25.5 Å². The minimum absolute atomic E-state index is 0.169. The van der Waals surface area contributed by atoms with Crippen molar-refractivity contribution in [2.75, 3.05) is 32.7 Å². The van der Waals surface area contributed by atoms with E-state index in [4.69, 9.17) is 0 Å². The summed E-state index contributed by atoms with van der Waals surface area (Å²) in [6.07, 6.45) is 1.75. The van der Waals surface area contributed by atoms with Gasteiger partial charge >= 0.3 is 0 Å². The van der Waals surface area contributed by atoms with Gasteiger partial charge in [0.25, 0.3) is 0 Å². The topological polar surface area (TPSA) is 48.7 Å². The van der Waals surface area contributed by atoms with Crippen molar-refractivity contribution >= 4 is 16.8 Å². The number of aliphatic hydroxyl groups excluding tert-OH is 1. The van der Waals surface area contributed by atoms with Crippen LogP contribution in [0.2, 0.25) is 0 Å². The predicted octanol–water partition coefficient (Wildman–Crippen LogP) is 1.47. The number of aryl methyl sites for hydroxylation is 1. The number of benzene rings is 1. The Kier molecular flexibility index (Phi) is 4.68. The molecule has 3 rings (SSSR count). The van der Waals surface area contributed by atoms with Crippen molar-refractivity contribution < 1.29 is 9.90 Å². The summed E-state index contributed by atoms with van der Waals surface area (Å²) < 4.78 is 2.05. The Morgan fingerprint density at radius 3 is 2.61 bits per heavy atom. The van der Waals surface area contributed by atoms with Gasteiger partial charge in [-0.25, -0.2) is 0 Å². The second kappa shape index (κ2) is 6.72. The van der Waals surface area contributed by atoms with E-state index in [1.807, 2.05) is 17.0 Å². The van der Waals surface area contributed by atoms with Gasteiger partial charge in [-0.3, -0.25) is 9.69 Å². The first-order chi connectivity index (χ1) is 11.0. The summed E-state index contributed by atoms with van der Waals surface area (Å²) in [4.78, 5) is 16.7. The number of aromatic nitrogens is 1. The van der Waals surface area contributed by atoms with Crippen LogP contribution in [-0.2, 0) is 11.3 Å². The summed E-state index contributed by atoms with van der Waals surface area (Å²) in [6.45, 7) is 8.11. The summed E-state index contributed by atoms with van der Waals surface area (Å²) in [7, 11) is 0. The Hall–Kier alpha value is -1.85. The van der Waals surface area contributed by atoms with Gasteiger partial charge < -0.3 is 14.6 Å². The van der Waals surface area contributed by atoms with Gasteiger partial charge in [0.15, 0.2) is 0 Å². The van der Waals surface area contributed by atoms with Gasteiger partial charge in [0.2, 0.25) is 5.91 Å². The zero-order valence-electron chi connectivity index (χ0n) is 13.9. The van der Waals surface area contributed by atoms with E-state index in [2.05, 4.69) is 34.7 Å². The molecule has 1 aliphatic heterocycles. The molecular formula is C18H25N3O2. The number of rotatable bonds is 4. The highest BCUT2D eigenvalue weighted by Crippen LogP contribution is 2.20. The number of amides is 1. The third-order valence-electron chi connectivity index (χ3n) is 4.54. The van der Waals surface area contributed by atoms with Crippen LogP contribution in [0.15, 0.2) is 30.5 Å². The van der Waals surface area contributed by atoms with Gasteiger partial charge in [0.1, 0.15) is 6.54 Å². The molecule has 0 bridgehead atoms. The molecule has 23 heavy (non-hydrogen) atoms. The molecule has 1 N–H and O–H groups in total. The van der Waals surface area contributed by atoms with Crippen LogP contribution in [0.3, 0.4) is 0 Å². The molecule has 1 aromatic heterocycles. The maximum atomic E-state index is 12.6. The molecule has 124 valence electrons. The number of nitrogens with zero attached hydrogens (tertiary/aromatic N) is 3. The second-order valence-corrected chi connectivity index (χ2v) is 6.49. The highest BCUT2D eigenvalue weighted by atomic mass is 16.3. The van der Waals surface area contributed by atoms with E-state index in [0.29, 0.717) is 13.1 Å². The van der Waals surface area contributed by atoms with E-state index >= 15 is 0 Å². The molecule has 0 aliphatic carbocycles. The predicted molar refractivity (Wildman–Crippen MR) is 91.4 cm³/mol. The SMILES string of the molecule is Cc1cn(CC(=O)N2CCN(CC(C)O)CC2)c2ccccc12. The first kappa shape index (κ1) is 16.0. The summed E-state index contributed by atoms with van der Waals surface area (Å²) >= 11 is 0. The normalized spacial score (nSPS) is 17.6. The fraction of sp³-hybridized carbons (Fsp3) is 0.500. The summed E-state index contributed by atoms with van der Waals surface area (Å²) in [5.41, 5.74) is 2.32. The monoisotopic (exact) mass is 315 g/mol. The van der Waals surface area contributed by atoms with Gasteiger partial charge in [0.05, 0.1) is 6.10 Å². The average molecular weight is 315 g/mol. The molecule has 1 saturated heterocycles. The highest BCUT2D eigenvalue weighted by Gasteiger charge is 2.22. The van der Waals surface area contributed by atoms with Gasteiger partial charge in [-0.15, -0.1) is 0 Å². The van der Waals surface area contributed by atoms with Crippen LogP contribution in [0.5, 0.6) is 0 Å². The summed E-state index contributed by atoms with van der Waals surface area (Å²) in [5.74, 6) is 0.169. The van der Waals surface area contributed by atoms with Crippen LogP contribution < -0.4 is 0 Å². The van der Waals surface area contributed by atoms with E-state index in [-0.39, 0.29) is 12.0 Å². The van der Waals surface area contributed by atoms with Crippen LogP contribution in [0.25, 0.3) is 10.9 Å². The fourth-order valence-corrected chi connectivity index (χ4v) is 3.36. The number of para-hydroxylation sites is 1. The Bertz CT molecular complexity index is 685. The van der Waals surface area contributed by atoms with E-state index in [1.165, 1.54) is 10.9 Å². The lowest BCUT2D eigenvalue weighted by molar-refractivity contribution is -0.133. The number of β-amino-alcohol motifs (C(OH)–C–C–N with tert-alkyl or cyclic N) is 1. The van der Waals surface area contributed by atoms with Gasteiger partial charge in [0, 0.05) is 49.8 Å². The number of hydrogen-bond acceptors (Lipinski definition) is 3. The first-order valence-corrected chi connectivity index (χ1v) is 8.27. The number of carbonyl (C=O) groups is 1. The fourth-order valence-electron chi connectivity index (χ4n) is 3.36. The van der Waals surface area contributed by atoms with Gasteiger partial charge in [-0.1, -0.05) is 18.2 Å². The number of aliphatic hydroxyl groups is 1. The minimum Gasteiger partial charge on any atom is -0.392 e. The Morgan fingerprint density at radius 2 is 1.91 bits per heavy atom. The van der Waals surface area contributed by atoms with Crippen molar-refractivity contribution in [3.05, 3.63) is 36.0 Å². The Labute approximate surface area is 137 Å². The van der Waals surface area contributed by atoms with Crippen molar-refractivity contribution in [1.82, 2.24) is 14.4 Å². The average Bonchev–Trinajstić information content (AvgIpc) is 2.84. The van der Waals surface area contributed by atoms with E-state index in [0.717, 1.165) is 31.7 Å². The van der Waals surface area contributed by atoms with Crippen LogP contribution in [-0.4, -0.2) is 64.2 Å². The van der Waals surface area contributed by atoms with Crippen LogP contribution >= 0.6 is 0 Å². The van der Waals surface area contributed by atoms with Crippen LogP contribution in [0.1, 0.15) is 12.5 Å². The third-order valence-corrected chi connectivity index (χ3v) is 4.54. The molecule has 2 aromatic rings. The summed E-state index contributed by atoms with van der Waals surface area (Å²) in [6, 6.07) is 8.21. The van der Waals surface area contributed by atoms with Gasteiger partial charge in [-0.2, -0.15) is 0 Å². The maximum absolute atomic E-state index is 12.6. The molecule has 2 heterocycles. The van der Waals surface area contributed by atoms with E-state index < -0.39 is 0 Å². The molecule has 1 amide bonds. The smallest absolute Gasteiger partial charge is 0.242 e. The zero-order valence-corrected chi connectivity index (χ0v) is 13.9. The van der Waals surface area contributed by atoms with Crippen LogP contribution in [0.4, 0.5) is 0 Å². The van der Waals surface area contributed by atoms with Crippen molar-refractivity contribution in [3.63, 3.8) is 0 Å². The molecule has 0 spiro atoms. The maximum Gasteiger partial charge on any atom is 0.242 e. The van der Waals surface area contributed by atoms with Crippen LogP contribution in [0, 0.1) is 6.92 Å². The molecule has 1 atom stereocenters. The lowest BCUT2D eigenvalue weighted by Crippen LogP contribution is -2.50. The van der Waals surface area contributed by atoms with Crippen molar-refractivity contribution in [1.29, 1.82) is 0 Å². The number of piperazine rings is 1. The van der Waals surface area contributed by atoms with Crippen molar-refractivity contribution in [3.8, 4) is 0 Å². The van der Waals surface area contributed by atoms with E-state index in [9.17, 15) is 9.90 Å². The van der Waals surface area contributed by atoms with E-state index in [1.54, 1.807) is 6.92 Å². The molecule has 5 heteroatoms. The highest BCUT2D eigenvalue weighted by molar-refractivity contribution is 5.86. The Morgan fingerprint density at radius 1 is 1.22 bits per heavy atom. The number of hydrogen-bond donors (Lipinski definition) is 1. The van der Waals surface area contributed by atoms with Crippen molar-refractivity contribution in [2.24, 2.45) is 0 Å². The molecule has 1 fully saturated rings. The second-order valence-electron chi connectivity index (χ2n) is 6.49. The Balaban J connectivity index is 1.63. The van der Waals surface area contributed by atoms with Crippen molar-refractivity contribution in [2.45, 2.75) is 26.5 Å². The molecule has 0 saturated carbocycles. The zero-order chi connectivity index (χ0) is 16.4. The number of fused-ring (bicyclic) bond motifs is 1. The molecule has 5 nitrogen and oxygen atoms in total. The first-order valence-electron chi connectivity index (χ1n) is 8.27. The standard InChI is InChI=1S/C18H25N3O2/c1-14-11-21(17-6-4-3-5-16(14)17)13-18(23)20-9-7-19(8-10-20)12-15(2)22/h3-6,11,15,22H,7-10,12-13H2,1-2H3. The molecule has 1 unspecified atom stereocenters. The lowest BCUT2D eigenvalue weighted by Gasteiger charge is -2.35. The molecular weight excluding hydrogens is 290 g/mol. The molecule has 0 radical (unpaired) electrons. The third kappa shape index (κ3) is 3.57. The molecule has 1 aromatic carbocycles. The quantitative estimate of drug-likeness (QED) is 0.929. The number of carbonyl (C=O) groups excluding carboxylic acids is 1. The summed E-state index contributed by atoms with van der Waals surface area (Å²) in [5, 5.41) is 10.7. The minimum atomic E-state index is -0.313. The lowest BCUT2D eigenvalue weighted by atomic mass is 10.2. The molecule has 1 aliphatic rings.